The summed E-state index contributed by atoms with van der Waals surface area (Å²) in [4.78, 5) is 2.46. The van der Waals surface area contributed by atoms with Crippen LogP contribution in [0.2, 0.25) is 0 Å². The molecule has 0 amide bonds. The zero-order valence-electron chi connectivity index (χ0n) is 12.5. The van der Waals surface area contributed by atoms with Gasteiger partial charge in [-0.25, -0.2) is 0 Å². The highest BCUT2D eigenvalue weighted by atomic mass is 79.9. The molecular formula is C15H26BrN3. The third-order valence-electron chi connectivity index (χ3n) is 4.17. The third kappa shape index (κ3) is 3.82. The Morgan fingerprint density at radius 3 is 2.63 bits per heavy atom. The minimum Gasteiger partial charge on any atom is -0.300 e. The van der Waals surface area contributed by atoms with Crippen molar-refractivity contribution in [3.8, 4) is 0 Å². The smallest absolute Gasteiger partial charge is 0.0739 e. The largest absolute Gasteiger partial charge is 0.300 e. The van der Waals surface area contributed by atoms with Crippen LogP contribution in [0.4, 0.5) is 0 Å². The van der Waals surface area contributed by atoms with Gasteiger partial charge in [-0.05, 0) is 55.6 Å². The molecule has 1 fully saturated rings. The Labute approximate surface area is 125 Å². The number of aryl methyl sites for hydroxylation is 2. The Kier molecular flexibility index (Phi) is 5.46. The van der Waals surface area contributed by atoms with Gasteiger partial charge in [-0.3, -0.25) is 4.68 Å². The molecule has 1 saturated carbocycles. The van der Waals surface area contributed by atoms with Crippen molar-refractivity contribution in [2.75, 3.05) is 13.6 Å². The van der Waals surface area contributed by atoms with E-state index in [0.717, 1.165) is 24.7 Å². The molecule has 1 heterocycles. The van der Waals surface area contributed by atoms with Crippen molar-refractivity contribution >= 4 is 15.9 Å². The highest BCUT2D eigenvalue weighted by molar-refractivity contribution is 9.10. The summed E-state index contributed by atoms with van der Waals surface area (Å²) in [5, 5.41) is 4.57. The average Bonchev–Trinajstić information content (AvgIpc) is 2.67. The summed E-state index contributed by atoms with van der Waals surface area (Å²) in [7, 11) is 2.24. The molecule has 0 saturated heterocycles. The van der Waals surface area contributed by atoms with Crippen molar-refractivity contribution in [3.05, 3.63) is 15.9 Å². The Balaban J connectivity index is 1.96. The number of halogens is 1. The summed E-state index contributed by atoms with van der Waals surface area (Å²) in [6.45, 7) is 7.38. The van der Waals surface area contributed by atoms with Gasteiger partial charge in [0.05, 0.1) is 15.9 Å². The lowest BCUT2D eigenvalue weighted by molar-refractivity contribution is 0.223. The minimum atomic E-state index is 0.900. The first-order chi connectivity index (χ1) is 9.11. The SMILES string of the molecule is CCn1nc(C)c(Br)c1CN(C)CC1CCCCC1. The van der Waals surface area contributed by atoms with Gasteiger partial charge in [0.2, 0.25) is 0 Å². The molecule has 0 N–H and O–H groups in total. The first-order valence-electron chi connectivity index (χ1n) is 7.52. The summed E-state index contributed by atoms with van der Waals surface area (Å²) >= 11 is 3.69. The number of aromatic nitrogens is 2. The molecule has 1 aliphatic carbocycles. The van der Waals surface area contributed by atoms with Crippen molar-refractivity contribution in [3.63, 3.8) is 0 Å². The standard InChI is InChI=1S/C15H26BrN3/c1-4-19-14(15(16)12(2)17-19)11-18(3)10-13-8-6-5-7-9-13/h13H,4-11H2,1-3H3. The normalized spacial score (nSPS) is 17.3. The minimum absolute atomic E-state index is 0.900. The molecule has 0 unspecified atom stereocenters. The maximum atomic E-state index is 4.57. The van der Waals surface area contributed by atoms with E-state index in [4.69, 9.17) is 0 Å². The van der Waals surface area contributed by atoms with Crippen LogP contribution < -0.4 is 0 Å². The van der Waals surface area contributed by atoms with Crippen molar-refractivity contribution in [1.82, 2.24) is 14.7 Å². The molecule has 19 heavy (non-hydrogen) atoms. The van der Waals surface area contributed by atoms with Crippen LogP contribution in [-0.4, -0.2) is 28.3 Å². The van der Waals surface area contributed by atoms with Crippen LogP contribution in [-0.2, 0) is 13.1 Å². The highest BCUT2D eigenvalue weighted by Crippen LogP contribution is 2.26. The third-order valence-corrected chi connectivity index (χ3v) is 5.20. The van der Waals surface area contributed by atoms with E-state index in [9.17, 15) is 0 Å². The molecule has 0 atom stereocenters. The lowest BCUT2D eigenvalue weighted by atomic mass is 9.89. The van der Waals surface area contributed by atoms with Crippen LogP contribution in [0.15, 0.2) is 4.47 Å². The van der Waals surface area contributed by atoms with Gasteiger partial charge >= 0.3 is 0 Å². The van der Waals surface area contributed by atoms with E-state index >= 15 is 0 Å². The highest BCUT2D eigenvalue weighted by Gasteiger charge is 2.18. The van der Waals surface area contributed by atoms with Gasteiger partial charge in [0.1, 0.15) is 0 Å². The van der Waals surface area contributed by atoms with Gasteiger partial charge in [0.15, 0.2) is 0 Å². The molecule has 4 heteroatoms. The molecule has 0 bridgehead atoms. The van der Waals surface area contributed by atoms with Crippen LogP contribution in [0.3, 0.4) is 0 Å². The lowest BCUT2D eigenvalue weighted by Gasteiger charge is -2.27. The number of hydrogen-bond donors (Lipinski definition) is 0. The number of nitrogens with zero attached hydrogens (tertiary/aromatic N) is 3. The summed E-state index contributed by atoms with van der Waals surface area (Å²) in [5.41, 5.74) is 2.42. The van der Waals surface area contributed by atoms with Crippen molar-refractivity contribution < 1.29 is 0 Å². The second kappa shape index (κ2) is 6.89. The molecule has 3 nitrogen and oxygen atoms in total. The summed E-state index contributed by atoms with van der Waals surface area (Å²) in [6.07, 6.45) is 7.12. The van der Waals surface area contributed by atoms with Gasteiger partial charge in [0.25, 0.3) is 0 Å². The fourth-order valence-corrected chi connectivity index (χ4v) is 3.56. The van der Waals surface area contributed by atoms with Crippen molar-refractivity contribution in [1.29, 1.82) is 0 Å². The van der Waals surface area contributed by atoms with Crippen LogP contribution in [0.25, 0.3) is 0 Å². The second-order valence-corrected chi connectivity index (χ2v) is 6.66. The predicted molar refractivity (Wildman–Crippen MR) is 83.2 cm³/mol. The van der Waals surface area contributed by atoms with Crippen LogP contribution in [0, 0.1) is 12.8 Å². The topological polar surface area (TPSA) is 21.1 Å². The second-order valence-electron chi connectivity index (χ2n) is 5.86. The van der Waals surface area contributed by atoms with Gasteiger partial charge in [-0.15, -0.1) is 0 Å². The van der Waals surface area contributed by atoms with Gasteiger partial charge in [-0.2, -0.15) is 5.10 Å². The Bertz CT molecular complexity index is 408. The molecule has 108 valence electrons. The quantitative estimate of drug-likeness (QED) is 0.815. The van der Waals surface area contributed by atoms with Crippen molar-refractivity contribution in [2.45, 2.75) is 59.0 Å². The predicted octanol–water partition coefficient (Wildman–Crippen LogP) is 3.99. The molecule has 1 aromatic heterocycles. The van der Waals surface area contributed by atoms with E-state index in [-0.39, 0.29) is 0 Å². The van der Waals surface area contributed by atoms with E-state index in [1.165, 1.54) is 48.8 Å². The fourth-order valence-electron chi connectivity index (χ4n) is 3.15. The average molecular weight is 328 g/mol. The van der Waals surface area contributed by atoms with Crippen molar-refractivity contribution in [2.24, 2.45) is 5.92 Å². The zero-order valence-corrected chi connectivity index (χ0v) is 14.0. The molecule has 0 radical (unpaired) electrons. The Morgan fingerprint density at radius 1 is 1.32 bits per heavy atom. The van der Waals surface area contributed by atoms with E-state index in [2.05, 4.69) is 51.5 Å². The van der Waals surface area contributed by atoms with E-state index in [0.29, 0.717) is 0 Å². The Hall–Kier alpha value is -0.350. The van der Waals surface area contributed by atoms with Crippen LogP contribution >= 0.6 is 15.9 Å². The summed E-state index contributed by atoms with van der Waals surface area (Å²) in [6, 6.07) is 0. The van der Waals surface area contributed by atoms with Gasteiger partial charge in [0, 0.05) is 19.6 Å². The van der Waals surface area contributed by atoms with Gasteiger partial charge in [-0.1, -0.05) is 19.3 Å². The molecular weight excluding hydrogens is 302 g/mol. The van der Waals surface area contributed by atoms with Gasteiger partial charge < -0.3 is 4.90 Å². The number of hydrogen-bond acceptors (Lipinski definition) is 2. The maximum absolute atomic E-state index is 4.57. The monoisotopic (exact) mass is 327 g/mol. The molecule has 1 aromatic rings. The maximum Gasteiger partial charge on any atom is 0.0739 e. The Morgan fingerprint density at radius 2 is 2.00 bits per heavy atom. The first kappa shape index (κ1) is 15.0. The van der Waals surface area contributed by atoms with E-state index in [1.807, 2.05) is 0 Å². The molecule has 0 aliphatic heterocycles. The molecule has 0 aromatic carbocycles. The fraction of sp³-hybridized carbons (Fsp3) is 0.800. The first-order valence-corrected chi connectivity index (χ1v) is 8.31. The molecule has 1 aliphatic rings. The molecule has 2 rings (SSSR count). The summed E-state index contributed by atoms with van der Waals surface area (Å²) < 4.78 is 3.31. The van der Waals surface area contributed by atoms with Crippen LogP contribution in [0.5, 0.6) is 0 Å². The summed E-state index contributed by atoms with van der Waals surface area (Å²) in [5.74, 6) is 0.900. The number of rotatable bonds is 5. The van der Waals surface area contributed by atoms with E-state index < -0.39 is 0 Å². The molecule has 0 spiro atoms. The zero-order chi connectivity index (χ0) is 13.8. The lowest BCUT2D eigenvalue weighted by Crippen LogP contribution is -2.27. The van der Waals surface area contributed by atoms with Crippen LogP contribution in [0.1, 0.15) is 50.4 Å². The van der Waals surface area contributed by atoms with E-state index in [1.54, 1.807) is 0 Å².